The Hall–Kier alpha value is -1.47. The molecular formula is C16H16ClN. The molecule has 2 N–H and O–H groups in total. The van der Waals surface area contributed by atoms with Crippen LogP contribution in [-0.2, 0) is 12.8 Å². The molecule has 92 valence electrons. The van der Waals surface area contributed by atoms with Crippen molar-refractivity contribution < 1.29 is 0 Å². The van der Waals surface area contributed by atoms with E-state index in [2.05, 4.69) is 18.2 Å². The average molecular weight is 258 g/mol. The maximum atomic E-state index is 6.05. The highest BCUT2D eigenvalue weighted by atomic mass is 35.5. The van der Waals surface area contributed by atoms with Crippen molar-refractivity contribution in [1.82, 2.24) is 0 Å². The molecule has 0 amide bonds. The molecule has 0 atom stereocenters. The lowest BCUT2D eigenvalue weighted by Gasteiger charge is -2.17. The molecule has 0 spiro atoms. The Balaban J connectivity index is 2.06. The van der Waals surface area contributed by atoms with E-state index in [-0.39, 0.29) is 0 Å². The van der Waals surface area contributed by atoms with E-state index in [1.807, 2.05) is 18.2 Å². The van der Waals surface area contributed by atoms with E-state index < -0.39 is 0 Å². The Bertz CT molecular complexity index is 590. The number of hydrogen-bond donors (Lipinski definition) is 1. The van der Waals surface area contributed by atoms with Crippen LogP contribution < -0.4 is 5.73 Å². The zero-order chi connectivity index (χ0) is 12.5. The third-order valence-corrected chi connectivity index (χ3v) is 3.91. The summed E-state index contributed by atoms with van der Waals surface area (Å²) in [6.45, 7) is 0. The van der Waals surface area contributed by atoms with Crippen molar-refractivity contribution in [2.45, 2.75) is 25.7 Å². The second-order valence-corrected chi connectivity index (χ2v) is 5.36. The van der Waals surface area contributed by atoms with Gasteiger partial charge in [-0.3, -0.25) is 0 Å². The average Bonchev–Trinajstić information content (AvgIpc) is 2.38. The van der Waals surface area contributed by atoms with Crippen molar-refractivity contribution in [3.63, 3.8) is 0 Å². The number of nitrogens with two attached hydrogens (primary N) is 1. The van der Waals surface area contributed by atoms with Gasteiger partial charge < -0.3 is 5.73 Å². The maximum Gasteiger partial charge on any atom is 0.0426 e. The van der Waals surface area contributed by atoms with E-state index in [1.165, 1.54) is 42.4 Å². The van der Waals surface area contributed by atoms with E-state index in [0.29, 0.717) is 5.02 Å². The van der Waals surface area contributed by atoms with Crippen molar-refractivity contribution in [3.05, 3.63) is 52.5 Å². The Morgan fingerprint density at radius 3 is 2.44 bits per heavy atom. The van der Waals surface area contributed by atoms with Crippen LogP contribution in [0.4, 0.5) is 5.69 Å². The second kappa shape index (κ2) is 4.66. The van der Waals surface area contributed by atoms with Crippen LogP contribution in [0.5, 0.6) is 0 Å². The van der Waals surface area contributed by atoms with Gasteiger partial charge in [-0.2, -0.15) is 0 Å². The predicted molar refractivity (Wildman–Crippen MR) is 77.9 cm³/mol. The summed E-state index contributed by atoms with van der Waals surface area (Å²) in [6.07, 6.45) is 5.02. The molecule has 0 fully saturated rings. The zero-order valence-corrected chi connectivity index (χ0v) is 11.0. The number of benzene rings is 2. The van der Waals surface area contributed by atoms with Crippen LogP contribution in [-0.4, -0.2) is 0 Å². The fourth-order valence-electron chi connectivity index (χ4n) is 2.70. The Morgan fingerprint density at radius 1 is 0.889 bits per heavy atom. The van der Waals surface area contributed by atoms with E-state index in [4.69, 9.17) is 17.3 Å². The third-order valence-electron chi connectivity index (χ3n) is 3.67. The minimum Gasteiger partial charge on any atom is -0.398 e. The molecule has 0 bridgehead atoms. The van der Waals surface area contributed by atoms with Gasteiger partial charge >= 0.3 is 0 Å². The number of fused-ring (bicyclic) bond motifs is 1. The van der Waals surface area contributed by atoms with Crippen LogP contribution in [0.15, 0.2) is 36.4 Å². The first-order valence-electron chi connectivity index (χ1n) is 6.41. The van der Waals surface area contributed by atoms with Gasteiger partial charge in [0.25, 0.3) is 0 Å². The van der Waals surface area contributed by atoms with Crippen molar-refractivity contribution in [2.24, 2.45) is 0 Å². The zero-order valence-electron chi connectivity index (χ0n) is 10.2. The molecular weight excluding hydrogens is 242 g/mol. The van der Waals surface area contributed by atoms with Gasteiger partial charge in [0.2, 0.25) is 0 Å². The summed E-state index contributed by atoms with van der Waals surface area (Å²) >= 11 is 5.94. The summed E-state index contributed by atoms with van der Waals surface area (Å²) in [4.78, 5) is 0. The Morgan fingerprint density at radius 2 is 1.67 bits per heavy atom. The molecule has 2 aromatic rings. The summed E-state index contributed by atoms with van der Waals surface area (Å²) in [5.74, 6) is 0. The largest absolute Gasteiger partial charge is 0.398 e. The van der Waals surface area contributed by atoms with Gasteiger partial charge in [-0.15, -0.1) is 0 Å². The second-order valence-electron chi connectivity index (χ2n) is 4.92. The van der Waals surface area contributed by atoms with E-state index >= 15 is 0 Å². The van der Waals surface area contributed by atoms with E-state index in [1.54, 1.807) is 0 Å². The molecule has 0 heterocycles. The van der Waals surface area contributed by atoms with Crippen LogP contribution in [0.25, 0.3) is 11.1 Å². The molecule has 3 rings (SSSR count). The first kappa shape index (κ1) is 11.6. The normalized spacial score (nSPS) is 14.3. The first-order valence-corrected chi connectivity index (χ1v) is 6.79. The van der Waals surface area contributed by atoms with Crippen LogP contribution in [0.2, 0.25) is 5.02 Å². The predicted octanol–water partition coefficient (Wildman–Crippen LogP) is 4.47. The number of anilines is 1. The summed E-state index contributed by atoms with van der Waals surface area (Å²) in [7, 11) is 0. The Labute approximate surface area is 113 Å². The number of rotatable bonds is 1. The molecule has 2 heteroatoms. The van der Waals surface area contributed by atoms with Gasteiger partial charge in [-0.25, -0.2) is 0 Å². The highest BCUT2D eigenvalue weighted by Crippen LogP contribution is 2.31. The molecule has 0 aliphatic heterocycles. The Kier molecular flexibility index (Phi) is 3.00. The molecule has 1 aliphatic rings. The number of halogens is 1. The standard InChI is InChI=1S/C16H16ClN/c17-14-7-8-15(16(18)10-14)13-6-5-11-3-1-2-4-12(11)9-13/h5-10H,1-4,18H2. The van der Waals surface area contributed by atoms with Gasteiger partial charge in [0.05, 0.1) is 0 Å². The summed E-state index contributed by atoms with van der Waals surface area (Å²) in [6, 6.07) is 12.4. The topological polar surface area (TPSA) is 26.0 Å². The van der Waals surface area contributed by atoms with Crippen LogP contribution in [0.3, 0.4) is 0 Å². The smallest absolute Gasteiger partial charge is 0.0426 e. The summed E-state index contributed by atoms with van der Waals surface area (Å²) in [5.41, 5.74) is 12.0. The highest BCUT2D eigenvalue weighted by molar-refractivity contribution is 6.31. The minimum atomic E-state index is 0.689. The molecule has 0 aromatic heterocycles. The fourth-order valence-corrected chi connectivity index (χ4v) is 2.88. The fraction of sp³-hybridized carbons (Fsp3) is 0.250. The minimum absolute atomic E-state index is 0.689. The molecule has 2 aromatic carbocycles. The number of nitrogen functional groups attached to an aromatic ring is 1. The van der Waals surface area contributed by atoms with Gasteiger partial charge in [-0.1, -0.05) is 35.9 Å². The van der Waals surface area contributed by atoms with Crippen LogP contribution >= 0.6 is 11.6 Å². The molecule has 0 saturated heterocycles. The van der Waals surface area contributed by atoms with Crippen molar-refractivity contribution in [3.8, 4) is 11.1 Å². The third kappa shape index (κ3) is 2.11. The van der Waals surface area contributed by atoms with Gasteiger partial charge in [0.1, 0.15) is 0 Å². The van der Waals surface area contributed by atoms with Crippen molar-refractivity contribution in [2.75, 3.05) is 5.73 Å². The van der Waals surface area contributed by atoms with Crippen molar-refractivity contribution in [1.29, 1.82) is 0 Å². The van der Waals surface area contributed by atoms with Gasteiger partial charge in [0.15, 0.2) is 0 Å². The highest BCUT2D eigenvalue weighted by Gasteiger charge is 2.11. The lowest BCUT2D eigenvalue weighted by molar-refractivity contribution is 0.686. The monoisotopic (exact) mass is 257 g/mol. The summed E-state index contributed by atoms with van der Waals surface area (Å²) in [5, 5.41) is 0.689. The lowest BCUT2D eigenvalue weighted by Crippen LogP contribution is -2.02. The number of hydrogen-bond acceptors (Lipinski definition) is 1. The number of aryl methyl sites for hydroxylation is 2. The van der Waals surface area contributed by atoms with E-state index in [9.17, 15) is 0 Å². The molecule has 1 aliphatic carbocycles. The summed E-state index contributed by atoms with van der Waals surface area (Å²) < 4.78 is 0. The van der Waals surface area contributed by atoms with Gasteiger partial charge in [-0.05, 0) is 54.5 Å². The quantitative estimate of drug-likeness (QED) is 0.750. The molecule has 1 nitrogen and oxygen atoms in total. The molecule has 0 unspecified atom stereocenters. The lowest BCUT2D eigenvalue weighted by atomic mass is 9.89. The van der Waals surface area contributed by atoms with Crippen LogP contribution in [0, 0.1) is 0 Å². The molecule has 0 saturated carbocycles. The van der Waals surface area contributed by atoms with Crippen molar-refractivity contribution >= 4 is 17.3 Å². The van der Waals surface area contributed by atoms with E-state index in [0.717, 1.165) is 11.3 Å². The molecule has 0 radical (unpaired) electrons. The van der Waals surface area contributed by atoms with Gasteiger partial charge in [0, 0.05) is 16.3 Å². The van der Waals surface area contributed by atoms with Crippen LogP contribution in [0.1, 0.15) is 24.0 Å². The SMILES string of the molecule is Nc1cc(Cl)ccc1-c1ccc2c(c1)CCCC2. The molecule has 18 heavy (non-hydrogen) atoms. The maximum absolute atomic E-state index is 6.05. The first-order chi connectivity index (χ1) is 8.74.